The molecule has 6 fully saturated rings. The van der Waals surface area contributed by atoms with Crippen molar-refractivity contribution < 1.29 is 28.7 Å². The van der Waals surface area contributed by atoms with Crippen molar-refractivity contribution in [3.8, 4) is 11.8 Å². The molecule has 1 aliphatic carbocycles. The van der Waals surface area contributed by atoms with E-state index in [1.165, 1.54) is 4.90 Å². The van der Waals surface area contributed by atoms with E-state index in [1.54, 1.807) is 36.4 Å². The fraction of sp³-hybridized carbons (Fsp3) is 0.476. The number of anilines is 2. The number of aromatic nitrogens is 2. The lowest BCUT2D eigenvalue weighted by atomic mass is 9.85. The van der Waals surface area contributed by atoms with Crippen molar-refractivity contribution in [2.45, 2.75) is 88.1 Å². The van der Waals surface area contributed by atoms with Crippen molar-refractivity contribution in [2.24, 2.45) is 11.7 Å². The molecule has 3 atom stereocenters. The number of hydrogen-bond donors (Lipinski definition) is 1. The van der Waals surface area contributed by atoms with Crippen molar-refractivity contribution in [3.63, 3.8) is 0 Å². The Bertz CT molecular complexity index is 2200. The summed E-state index contributed by atoms with van der Waals surface area (Å²) in [5.74, 6) is -0.470. The van der Waals surface area contributed by atoms with Gasteiger partial charge in [0.1, 0.15) is 17.9 Å². The summed E-state index contributed by atoms with van der Waals surface area (Å²) in [7, 11) is 0. The molecular formula is C42H44ClN9O6. The number of fused-ring (bicyclic) bond motifs is 3. The number of ether oxygens (including phenoxy) is 1. The van der Waals surface area contributed by atoms with E-state index in [-0.39, 0.29) is 36.6 Å². The highest BCUT2D eigenvalue weighted by Gasteiger charge is 2.50. The number of carbonyl (C=O) groups excluding carboxylic acids is 5. The van der Waals surface area contributed by atoms with Crippen LogP contribution in [0.5, 0.6) is 5.75 Å². The molecule has 0 spiro atoms. The molecule has 10 rings (SSSR count). The molecule has 7 aliphatic rings. The molecule has 2 bridgehead atoms. The number of halogens is 1. The summed E-state index contributed by atoms with van der Waals surface area (Å²) in [6, 6.07) is 15.1. The predicted octanol–water partition coefficient (Wildman–Crippen LogP) is 3.78. The Hall–Kier alpha value is -5.59. The Labute approximate surface area is 340 Å². The summed E-state index contributed by atoms with van der Waals surface area (Å²) >= 11 is 6.18. The molecule has 7 heterocycles. The summed E-state index contributed by atoms with van der Waals surface area (Å²) < 4.78 is 6.11. The van der Waals surface area contributed by atoms with Crippen LogP contribution in [-0.2, 0) is 9.59 Å². The summed E-state index contributed by atoms with van der Waals surface area (Å²) in [4.78, 5) is 75.9. The Morgan fingerprint density at radius 1 is 0.845 bits per heavy atom. The highest BCUT2D eigenvalue weighted by molar-refractivity contribution is 6.31. The molecule has 58 heavy (non-hydrogen) atoms. The number of piperazine rings is 1. The average molecular weight is 806 g/mol. The van der Waals surface area contributed by atoms with Gasteiger partial charge in [-0.3, -0.25) is 38.7 Å². The minimum absolute atomic E-state index is 0.0723. The lowest BCUT2D eigenvalue weighted by Crippen LogP contribution is -2.69. The molecule has 5 amide bonds. The zero-order chi connectivity index (χ0) is 40.2. The Balaban J connectivity index is 0.793. The summed E-state index contributed by atoms with van der Waals surface area (Å²) in [5, 5.41) is 17.6. The van der Waals surface area contributed by atoms with Crippen LogP contribution < -0.4 is 20.3 Å². The van der Waals surface area contributed by atoms with Gasteiger partial charge in [-0.25, -0.2) is 0 Å². The smallest absolute Gasteiger partial charge is 0.269 e. The van der Waals surface area contributed by atoms with Crippen molar-refractivity contribution in [2.75, 3.05) is 42.5 Å². The quantitative estimate of drug-likeness (QED) is 0.309. The maximum atomic E-state index is 14.0. The first-order chi connectivity index (χ1) is 28.1. The van der Waals surface area contributed by atoms with Gasteiger partial charge in [-0.1, -0.05) is 11.6 Å². The maximum absolute atomic E-state index is 14.0. The number of benzene rings is 2. The number of likely N-dealkylation sites (tertiary alicyclic amines) is 1. The molecule has 0 radical (unpaired) electrons. The molecule has 0 unspecified atom stereocenters. The van der Waals surface area contributed by atoms with Gasteiger partial charge in [-0.05, 0) is 99.7 Å². The average Bonchev–Trinajstić information content (AvgIpc) is 3.46. The van der Waals surface area contributed by atoms with E-state index in [9.17, 15) is 24.0 Å². The lowest BCUT2D eigenvalue weighted by Gasteiger charge is -2.58. The molecule has 300 valence electrons. The first-order valence-electron chi connectivity index (χ1n) is 20.2. The van der Waals surface area contributed by atoms with Crippen LogP contribution >= 0.6 is 11.6 Å². The van der Waals surface area contributed by atoms with Gasteiger partial charge in [0.05, 0.1) is 27.8 Å². The normalized spacial score (nSPS) is 26.4. The number of rotatable bonds is 9. The van der Waals surface area contributed by atoms with Crippen LogP contribution in [0.4, 0.5) is 11.5 Å². The van der Waals surface area contributed by atoms with Crippen LogP contribution in [0.25, 0.3) is 0 Å². The standard InChI is InChI=1S/C42H44ClN9O6/c43-34-19-31(5-1-25(34)20-44)58-30-6-2-26(3-7-30)51-38(53)12-10-36(42(51)57)52-40(55)32-8-4-27(18-33(32)41(52)56)50-28-17-29(50)23-48(22-28)21-24-13-15-49(16-14-24)37-11-9-35(39(45)54)46-47-37/h1,4-5,8-9,11,18-19,24,26,28-30,36H,2-3,6-7,10,12-17,21-23H2,(H2,45,54)/t26?,28-,29-,30?,36-/m1/s1. The van der Waals surface area contributed by atoms with Gasteiger partial charge < -0.3 is 20.3 Å². The van der Waals surface area contributed by atoms with E-state index in [4.69, 9.17) is 27.3 Å². The number of carbonyl (C=O) groups is 5. The lowest BCUT2D eigenvalue weighted by molar-refractivity contribution is -0.155. The number of amides is 5. The van der Waals surface area contributed by atoms with E-state index < -0.39 is 29.7 Å². The third kappa shape index (κ3) is 6.91. The molecule has 2 N–H and O–H groups in total. The van der Waals surface area contributed by atoms with E-state index in [0.717, 1.165) is 68.4 Å². The highest BCUT2D eigenvalue weighted by Crippen LogP contribution is 2.41. The summed E-state index contributed by atoms with van der Waals surface area (Å²) in [5.41, 5.74) is 7.33. The Morgan fingerprint density at radius 2 is 1.59 bits per heavy atom. The number of piperidine rings is 3. The fourth-order valence-electron chi connectivity index (χ4n) is 9.98. The maximum Gasteiger partial charge on any atom is 0.269 e. The zero-order valence-electron chi connectivity index (χ0n) is 32.0. The molecule has 6 aliphatic heterocycles. The van der Waals surface area contributed by atoms with Crippen molar-refractivity contribution in [1.82, 2.24) is 24.9 Å². The molecule has 1 saturated carbocycles. The predicted molar refractivity (Wildman–Crippen MR) is 211 cm³/mol. The minimum Gasteiger partial charge on any atom is -0.490 e. The second kappa shape index (κ2) is 15.3. The summed E-state index contributed by atoms with van der Waals surface area (Å²) in [6.45, 7) is 4.61. The SMILES string of the molecule is N#Cc1ccc(OC2CCC(N3C(=O)CC[C@@H](N4C(=O)c5ccc(N6[C@@H]7C[C@@H]6CN(CC6CCN(c8ccc(C(N)=O)nn8)CC6)C7)cc5C4=O)C3=O)CC2)cc1Cl. The monoisotopic (exact) mass is 805 g/mol. The van der Waals surface area contributed by atoms with Gasteiger partial charge in [-0.15, -0.1) is 10.2 Å². The third-order valence-corrected chi connectivity index (χ3v) is 13.2. The number of nitriles is 1. The van der Waals surface area contributed by atoms with Gasteiger partial charge in [0.25, 0.3) is 23.6 Å². The fourth-order valence-corrected chi connectivity index (χ4v) is 10.2. The number of imide groups is 2. The van der Waals surface area contributed by atoms with Crippen molar-refractivity contribution in [3.05, 3.63) is 75.9 Å². The number of hydrogen-bond acceptors (Lipinski definition) is 12. The van der Waals surface area contributed by atoms with Gasteiger partial charge in [0.15, 0.2) is 11.5 Å². The molecule has 2 aromatic carbocycles. The van der Waals surface area contributed by atoms with Gasteiger partial charge in [0, 0.05) is 69.0 Å². The number of primary amides is 1. The highest BCUT2D eigenvalue weighted by atomic mass is 35.5. The topological polar surface area (TPSA) is 186 Å². The minimum atomic E-state index is -1.04. The first-order valence-corrected chi connectivity index (χ1v) is 20.6. The van der Waals surface area contributed by atoms with E-state index >= 15 is 0 Å². The van der Waals surface area contributed by atoms with Crippen LogP contribution in [-0.4, -0.2) is 117 Å². The van der Waals surface area contributed by atoms with Crippen LogP contribution in [0.3, 0.4) is 0 Å². The van der Waals surface area contributed by atoms with Crippen LogP contribution in [0.15, 0.2) is 48.5 Å². The molecule has 3 aromatic rings. The third-order valence-electron chi connectivity index (χ3n) is 12.9. The van der Waals surface area contributed by atoms with Gasteiger partial charge in [0.2, 0.25) is 5.91 Å². The second-order valence-electron chi connectivity index (χ2n) is 16.4. The molecule has 16 heteroatoms. The molecular weight excluding hydrogens is 762 g/mol. The Morgan fingerprint density at radius 3 is 2.26 bits per heavy atom. The first kappa shape index (κ1) is 38.0. The van der Waals surface area contributed by atoms with Crippen LogP contribution in [0.1, 0.15) is 94.6 Å². The van der Waals surface area contributed by atoms with E-state index in [1.807, 2.05) is 18.2 Å². The molecule has 15 nitrogen and oxygen atoms in total. The van der Waals surface area contributed by atoms with Crippen LogP contribution in [0, 0.1) is 17.2 Å². The Kier molecular flexibility index (Phi) is 10.0. The van der Waals surface area contributed by atoms with E-state index in [0.29, 0.717) is 71.1 Å². The number of nitrogens with two attached hydrogens (primary N) is 1. The van der Waals surface area contributed by atoms with Crippen molar-refractivity contribution >= 4 is 52.6 Å². The molecule has 5 saturated heterocycles. The summed E-state index contributed by atoms with van der Waals surface area (Å²) in [6.07, 6.45) is 5.44. The zero-order valence-corrected chi connectivity index (χ0v) is 32.7. The van der Waals surface area contributed by atoms with E-state index in [2.05, 4.69) is 24.9 Å². The van der Waals surface area contributed by atoms with Crippen molar-refractivity contribution in [1.29, 1.82) is 5.26 Å². The van der Waals surface area contributed by atoms with Gasteiger partial charge in [-0.2, -0.15) is 5.26 Å². The second-order valence-corrected chi connectivity index (χ2v) is 16.8. The van der Waals surface area contributed by atoms with Crippen LogP contribution in [0.2, 0.25) is 5.02 Å². The molecule has 1 aromatic heterocycles. The van der Waals surface area contributed by atoms with Gasteiger partial charge >= 0.3 is 0 Å². The number of nitrogens with zero attached hydrogens (tertiary/aromatic N) is 8. The largest absolute Gasteiger partial charge is 0.490 e.